The number of rotatable bonds is 4. The molecule has 0 saturated heterocycles. The van der Waals surface area contributed by atoms with Gasteiger partial charge in [-0.05, 0) is 12.0 Å². The summed E-state index contributed by atoms with van der Waals surface area (Å²) in [4.78, 5) is 12.7. The van der Waals surface area contributed by atoms with E-state index in [0.29, 0.717) is 0 Å². The Bertz CT molecular complexity index is 559. The molecule has 0 fully saturated rings. The predicted octanol–water partition coefficient (Wildman–Crippen LogP) is 4.83. The number of ketones is 1. The molecule has 20 heavy (non-hydrogen) atoms. The molecule has 0 heterocycles. The van der Waals surface area contributed by atoms with Crippen LogP contribution in [0.4, 0.5) is 0 Å². The lowest BCUT2D eigenvalue weighted by atomic mass is 9.87. The molecule has 1 aliphatic rings. The maximum absolute atomic E-state index is 12.7. The molecule has 0 amide bonds. The molecule has 2 rings (SSSR count). The van der Waals surface area contributed by atoms with Crippen LogP contribution >= 0.6 is 0 Å². The average Bonchev–Trinajstić information content (AvgIpc) is 2.61. The van der Waals surface area contributed by atoms with Crippen molar-refractivity contribution < 1.29 is 4.79 Å². The van der Waals surface area contributed by atoms with Crippen LogP contribution in [0.25, 0.3) is 0 Å². The van der Waals surface area contributed by atoms with Gasteiger partial charge in [0, 0.05) is 16.9 Å². The maximum Gasteiger partial charge on any atom is 0.170 e. The molecule has 1 atom stereocenters. The van der Waals surface area contributed by atoms with E-state index < -0.39 is 0 Å². The van der Waals surface area contributed by atoms with E-state index in [9.17, 15) is 4.79 Å². The van der Waals surface area contributed by atoms with Crippen LogP contribution in [0.5, 0.6) is 0 Å². The van der Waals surface area contributed by atoms with E-state index in [1.807, 2.05) is 48.6 Å². The molecule has 0 aliphatic heterocycles. The summed E-state index contributed by atoms with van der Waals surface area (Å²) in [6, 6.07) is 10.0. The third-order valence-corrected chi connectivity index (χ3v) is 3.71. The minimum absolute atomic E-state index is 0.00693. The highest BCUT2D eigenvalue weighted by molar-refractivity contribution is 6.03. The van der Waals surface area contributed by atoms with Gasteiger partial charge in [0.2, 0.25) is 0 Å². The summed E-state index contributed by atoms with van der Waals surface area (Å²) in [7, 11) is 0. The Morgan fingerprint density at radius 3 is 2.50 bits per heavy atom. The summed E-state index contributed by atoms with van der Waals surface area (Å²) < 4.78 is 0. The van der Waals surface area contributed by atoms with Crippen LogP contribution < -0.4 is 0 Å². The molecule has 1 heteroatoms. The van der Waals surface area contributed by atoms with Gasteiger partial charge in [0.15, 0.2) is 5.78 Å². The highest BCUT2D eigenvalue weighted by atomic mass is 16.1. The third kappa shape index (κ3) is 3.36. The van der Waals surface area contributed by atoms with Crippen LogP contribution in [0, 0.1) is 5.41 Å². The Kier molecular flexibility index (Phi) is 4.39. The second-order valence-corrected chi connectivity index (χ2v) is 5.87. The minimum atomic E-state index is -0.0540. The van der Waals surface area contributed by atoms with Gasteiger partial charge >= 0.3 is 0 Å². The molecule has 1 unspecified atom stereocenters. The number of carbonyl (C=O) groups excluding carboxylic acids is 1. The molecule has 1 aliphatic carbocycles. The zero-order chi connectivity index (χ0) is 14.6. The summed E-state index contributed by atoms with van der Waals surface area (Å²) in [5, 5.41) is 0. The summed E-state index contributed by atoms with van der Waals surface area (Å²) in [5.41, 5.74) is 1.90. The van der Waals surface area contributed by atoms with Gasteiger partial charge in [0.05, 0.1) is 0 Å². The molecule has 0 aromatic heterocycles. The molecule has 1 nitrogen and oxygen atoms in total. The lowest BCUT2D eigenvalue weighted by Crippen LogP contribution is -2.13. The number of hydrogen-bond donors (Lipinski definition) is 0. The van der Waals surface area contributed by atoms with Gasteiger partial charge in [-0.1, -0.05) is 81.5 Å². The Morgan fingerprint density at radius 2 is 1.85 bits per heavy atom. The van der Waals surface area contributed by atoms with Gasteiger partial charge in [-0.2, -0.15) is 0 Å². The zero-order valence-corrected chi connectivity index (χ0v) is 12.5. The Balaban J connectivity index is 2.27. The molecule has 0 N–H and O–H groups in total. The van der Waals surface area contributed by atoms with E-state index in [0.717, 1.165) is 17.6 Å². The lowest BCUT2D eigenvalue weighted by Gasteiger charge is -2.15. The molecule has 0 radical (unpaired) electrons. The highest BCUT2D eigenvalue weighted by Gasteiger charge is 2.22. The quantitative estimate of drug-likeness (QED) is 0.763. The SMILES string of the molecule is CCC(C(=O)C1=CC=CC(C)(C)C=C1)c1ccccc1. The average molecular weight is 266 g/mol. The van der Waals surface area contributed by atoms with Gasteiger partial charge in [0.25, 0.3) is 0 Å². The van der Waals surface area contributed by atoms with Crippen LogP contribution in [0.3, 0.4) is 0 Å². The van der Waals surface area contributed by atoms with Gasteiger partial charge in [-0.3, -0.25) is 4.79 Å². The zero-order valence-electron chi connectivity index (χ0n) is 12.5. The first-order valence-corrected chi connectivity index (χ1v) is 7.21. The van der Waals surface area contributed by atoms with Crippen LogP contribution in [0.1, 0.15) is 38.7 Å². The molecule has 0 saturated carbocycles. The molecule has 0 spiro atoms. The summed E-state index contributed by atoms with van der Waals surface area (Å²) >= 11 is 0. The molecule has 0 bridgehead atoms. The Hall–Kier alpha value is -1.89. The first-order valence-electron chi connectivity index (χ1n) is 7.21. The van der Waals surface area contributed by atoms with Crippen LogP contribution in [-0.4, -0.2) is 5.78 Å². The van der Waals surface area contributed by atoms with Crippen molar-refractivity contribution in [1.29, 1.82) is 0 Å². The fourth-order valence-electron chi connectivity index (χ4n) is 2.44. The van der Waals surface area contributed by atoms with Crippen LogP contribution in [0.2, 0.25) is 0 Å². The summed E-state index contributed by atoms with van der Waals surface area (Å²) in [6.45, 7) is 6.34. The first kappa shape index (κ1) is 14.5. The second-order valence-electron chi connectivity index (χ2n) is 5.87. The van der Waals surface area contributed by atoms with Crippen LogP contribution in [0.15, 0.2) is 66.3 Å². The molecular formula is C19H22O. The fraction of sp³-hybridized carbons (Fsp3) is 0.316. The third-order valence-electron chi connectivity index (χ3n) is 3.71. The van der Waals surface area contributed by atoms with Crippen molar-refractivity contribution in [3.8, 4) is 0 Å². The minimum Gasteiger partial charge on any atom is -0.293 e. The maximum atomic E-state index is 12.7. The number of hydrogen-bond acceptors (Lipinski definition) is 1. The van der Waals surface area contributed by atoms with Crippen molar-refractivity contribution in [2.45, 2.75) is 33.1 Å². The van der Waals surface area contributed by atoms with E-state index in [2.05, 4.69) is 32.9 Å². The van der Waals surface area contributed by atoms with E-state index in [1.165, 1.54) is 0 Å². The summed E-state index contributed by atoms with van der Waals surface area (Å²) in [6.07, 6.45) is 10.9. The Morgan fingerprint density at radius 1 is 1.15 bits per heavy atom. The van der Waals surface area contributed by atoms with E-state index in [-0.39, 0.29) is 17.1 Å². The standard InChI is InChI=1S/C19H22O/c1-4-17(15-9-6-5-7-10-15)18(20)16-11-8-13-19(2,3)14-12-16/h5-14,17H,4H2,1-3H3. The Labute approximate surface area is 121 Å². The van der Waals surface area contributed by atoms with Crippen molar-refractivity contribution in [3.63, 3.8) is 0 Å². The second kappa shape index (κ2) is 6.04. The number of Topliss-reactive ketones (excluding diaryl/α,β-unsaturated/α-hetero) is 1. The monoisotopic (exact) mass is 266 g/mol. The smallest absolute Gasteiger partial charge is 0.170 e. The number of allylic oxidation sites excluding steroid dienone is 6. The first-order chi connectivity index (χ1) is 9.53. The van der Waals surface area contributed by atoms with Crippen molar-refractivity contribution in [2.24, 2.45) is 5.41 Å². The number of benzene rings is 1. The normalized spacial score (nSPS) is 18.2. The van der Waals surface area contributed by atoms with Crippen molar-refractivity contribution in [1.82, 2.24) is 0 Å². The predicted molar refractivity (Wildman–Crippen MR) is 84.6 cm³/mol. The van der Waals surface area contributed by atoms with Gasteiger partial charge < -0.3 is 0 Å². The highest BCUT2D eigenvalue weighted by Crippen LogP contribution is 2.28. The van der Waals surface area contributed by atoms with E-state index in [1.54, 1.807) is 0 Å². The van der Waals surface area contributed by atoms with Crippen LogP contribution in [-0.2, 0) is 4.79 Å². The topological polar surface area (TPSA) is 17.1 Å². The van der Waals surface area contributed by atoms with Gasteiger partial charge in [-0.15, -0.1) is 0 Å². The summed E-state index contributed by atoms with van der Waals surface area (Å²) in [5.74, 6) is 0.152. The van der Waals surface area contributed by atoms with Gasteiger partial charge in [-0.25, -0.2) is 0 Å². The largest absolute Gasteiger partial charge is 0.293 e. The molecule has 104 valence electrons. The van der Waals surface area contributed by atoms with Crippen molar-refractivity contribution >= 4 is 5.78 Å². The lowest BCUT2D eigenvalue weighted by molar-refractivity contribution is -0.116. The molecule has 1 aromatic carbocycles. The molecular weight excluding hydrogens is 244 g/mol. The number of carbonyl (C=O) groups is 1. The van der Waals surface area contributed by atoms with Gasteiger partial charge in [0.1, 0.15) is 0 Å². The van der Waals surface area contributed by atoms with E-state index >= 15 is 0 Å². The van der Waals surface area contributed by atoms with Crippen molar-refractivity contribution in [2.75, 3.05) is 0 Å². The molecule has 1 aromatic rings. The van der Waals surface area contributed by atoms with E-state index in [4.69, 9.17) is 0 Å². The van der Waals surface area contributed by atoms with Crippen molar-refractivity contribution in [3.05, 3.63) is 71.8 Å². The fourth-order valence-corrected chi connectivity index (χ4v) is 2.44.